The lowest BCUT2D eigenvalue weighted by Crippen LogP contribution is -2.40. The first-order valence-electron chi connectivity index (χ1n) is 12.4. The molecule has 2 atom stereocenters. The van der Waals surface area contributed by atoms with E-state index in [0.29, 0.717) is 22.9 Å². The number of carbonyl (C=O) groups excluding carboxylic acids is 1. The van der Waals surface area contributed by atoms with Gasteiger partial charge in [-0.15, -0.1) is 11.3 Å². The third-order valence-electron chi connectivity index (χ3n) is 7.44. The highest BCUT2D eigenvalue weighted by Gasteiger charge is 2.35. The Morgan fingerprint density at radius 2 is 2.06 bits per heavy atom. The highest BCUT2D eigenvalue weighted by atomic mass is 32.1. The van der Waals surface area contributed by atoms with Crippen LogP contribution in [0.15, 0.2) is 17.6 Å². The van der Waals surface area contributed by atoms with Gasteiger partial charge in [0.25, 0.3) is 0 Å². The second kappa shape index (κ2) is 8.98. The van der Waals surface area contributed by atoms with E-state index >= 15 is 0 Å². The largest absolute Gasteiger partial charge is 0.329 e. The number of rotatable bonds is 6. The Morgan fingerprint density at radius 3 is 2.88 bits per heavy atom. The van der Waals surface area contributed by atoms with E-state index in [9.17, 15) is 4.79 Å². The molecule has 3 aromatic heterocycles. The molecule has 34 heavy (non-hydrogen) atoms. The highest BCUT2D eigenvalue weighted by molar-refractivity contribution is 7.13. The van der Waals surface area contributed by atoms with Crippen LogP contribution in [0.3, 0.4) is 0 Å². The minimum Gasteiger partial charge on any atom is -0.329 e. The average molecular weight is 479 g/mol. The zero-order chi connectivity index (χ0) is 23.1. The van der Waals surface area contributed by atoms with Crippen LogP contribution in [-0.4, -0.2) is 43.6 Å². The monoisotopic (exact) mass is 478 g/mol. The summed E-state index contributed by atoms with van der Waals surface area (Å²) in [6.07, 6.45) is 10.5. The molecule has 178 valence electrons. The Bertz CT molecular complexity index is 1170. The molecule has 0 radical (unpaired) electrons. The Kier molecular flexibility index (Phi) is 5.68. The Balaban J connectivity index is 1.28. The van der Waals surface area contributed by atoms with Gasteiger partial charge >= 0.3 is 0 Å². The van der Waals surface area contributed by atoms with Crippen LogP contribution in [0.5, 0.6) is 0 Å². The van der Waals surface area contributed by atoms with Crippen LogP contribution < -0.4 is 15.5 Å². The van der Waals surface area contributed by atoms with Crippen LogP contribution in [0.1, 0.15) is 80.7 Å². The van der Waals surface area contributed by atoms with Crippen LogP contribution in [0, 0.1) is 0 Å². The molecule has 10 heteroatoms. The summed E-state index contributed by atoms with van der Waals surface area (Å²) in [5.41, 5.74) is 3.47. The van der Waals surface area contributed by atoms with E-state index in [2.05, 4.69) is 38.8 Å². The van der Waals surface area contributed by atoms with E-state index in [1.165, 1.54) is 48.3 Å². The maximum absolute atomic E-state index is 13.0. The summed E-state index contributed by atoms with van der Waals surface area (Å²) in [6, 6.07) is 1.83. The minimum atomic E-state index is -0.300. The number of thiazole rings is 1. The second-order valence-electron chi connectivity index (χ2n) is 9.67. The number of hydrogen-bond acceptors (Lipinski definition) is 8. The van der Waals surface area contributed by atoms with Crippen molar-refractivity contribution in [3.05, 3.63) is 34.6 Å². The molecule has 3 aromatic rings. The van der Waals surface area contributed by atoms with Gasteiger partial charge < -0.3 is 15.5 Å². The van der Waals surface area contributed by atoms with Gasteiger partial charge in [-0.1, -0.05) is 19.8 Å². The number of H-pyrrole nitrogens is 1. The molecule has 1 saturated carbocycles. The van der Waals surface area contributed by atoms with Crippen LogP contribution >= 0.6 is 11.3 Å². The zero-order valence-electron chi connectivity index (χ0n) is 19.4. The Morgan fingerprint density at radius 1 is 1.18 bits per heavy atom. The summed E-state index contributed by atoms with van der Waals surface area (Å²) in [5.74, 6) is 3.14. The molecule has 2 aliphatic carbocycles. The third-order valence-corrected chi connectivity index (χ3v) is 8.12. The van der Waals surface area contributed by atoms with Crippen molar-refractivity contribution < 1.29 is 4.79 Å². The van der Waals surface area contributed by atoms with Crippen LogP contribution in [-0.2, 0) is 11.2 Å². The fraction of sp³-hybridized carbons (Fsp3) is 0.542. The van der Waals surface area contributed by atoms with E-state index in [1.54, 1.807) is 6.20 Å². The lowest BCUT2D eigenvalue weighted by molar-refractivity contribution is -0.117. The predicted octanol–water partition coefficient (Wildman–Crippen LogP) is 4.71. The molecule has 4 heterocycles. The van der Waals surface area contributed by atoms with Gasteiger partial charge in [0, 0.05) is 41.4 Å². The molecule has 9 nitrogen and oxygen atoms in total. The summed E-state index contributed by atoms with van der Waals surface area (Å²) < 4.78 is 0. The van der Waals surface area contributed by atoms with Crippen molar-refractivity contribution in [2.75, 3.05) is 22.1 Å². The van der Waals surface area contributed by atoms with Gasteiger partial charge in [0.2, 0.25) is 11.9 Å². The Hall–Kier alpha value is -3.01. The molecule has 1 amide bonds. The molecule has 1 aliphatic heterocycles. The van der Waals surface area contributed by atoms with Crippen molar-refractivity contribution >= 4 is 40.0 Å². The molecule has 2 fully saturated rings. The number of hydrogen-bond donors (Lipinski definition) is 3. The van der Waals surface area contributed by atoms with Crippen molar-refractivity contribution in [1.29, 1.82) is 0 Å². The van der Waals surface area contributed by atoms with Gasteiger partial charge in [0.15, 0.2) is 10.9 Å². The molecule has 6 rings (SSSR count). The number of fused-ring (bicyclic) bond motifs is 1. The summed E-state index contributed by atoms with van der Waals surface area (Å²) in [6.45, 7) is 2.98. The molecule has 3 aliphatic rings. The SMILES string of the molecule is C[C@H]1CCc2c(Nc3cc(C4CCCC4)[nH]n3)nc(N3CCC[C@H]3C(=O)Nc3nccs3)nc21. The van der Waals surface area contributed by atoms with E-state index < -0.39 is 0 Å². The topological polar surface area (TPSA) is 112 Å². The molecule has 0 unspecified atom stereocenters. The van der Waals surface area contributed by atoms with Gasteiger partial charge in [-0.05, 0) is 44.4 Å². The van der Waals surface area contributed by atoms with Gasteiger partial charge in [-0.2, -0.15) is 10.1 Å². The highest BCUT2D eigenvalue weighted by Crippen LogP contribution is 2.39. The number of carbonyl (C=O) groups is 1. The predicted molar refractivity (Wildman–Crippen MR) is 133 cm³/mol. The van der Waals surface area contributed by atoms with E-state index in [0.717, 1.165) is 49.6 Å². The second-order valence-corrected chi connectivity index (χ2v) is 10.6. The fourth-order valence-corrected chi connectivity index (χ4v) is 6.12. The van der Waals surface area contributed by atoms with Crippen molar-refractivity contribution in [3.8, 4) is 0 Å². The molecule has 3 N–H and O–H groups in total. The number of nitrogens with one attached hydrogen (secondary N) is 3. The van der Waals surface area contributed by atoms with Crippen molar-refractivity contribution in [1.82, 2.24) is 25.1 Å². The van der Waals surface area contributed by atoms with Crippen LogP contribution in [0.25, 0.3) is 0 Å². The van der Waals surface area contributed by atoms with Gasteiger partial charge in [0.1, 0.15) is 11.9 Å². The first-order chi connectivity index (χ1) is 16.7. The van der Waals surface area contributed by atoms with Gasteiger partial charge in [0.05, 0.1) is 5.69 Å². The van der Waals surface area contributed by atoms with Crippen molar-refractivity contribution in [2.45, 2.75) is 76.2 Å². The van der Waals surface area contributed by atoms with Crippen molar-refractivity contribution in [2.24, 2.45) is 0 Å². The molecular formula is C24H30N8OS. The molecular weight excluding hydrogens is 448 g/mol. The first-order valence-corrected chi connectivity index (χ1v) is 13.2. The lowest BCUT2D eigenvalue weighted by Gasteiger charge is -2.25. The normalized spacial score (nSPS) is 22.3. The van der Waals surface area contributed by atoms with E-state index in [1.807, 2.05) is 10.3 Å². The van der Waals surface area contributed by atoms with Gasteiger partial charge in [-0.3, -0.25) is 9.89 Å². The van der Waals surface area contributed by atoms with E-state index in [4.69, 9.17) is 9.97 Å². The maximum Gasteiger partial charge on any atom is 0.248 e. The minimum absolute atomic E-state index is 0.0485. The molecule has 0 aromatic carbocycles. The number of aromatic amines is 1. The summed E-state index contributed by atoms with van der Waals surface area (Å²) in [5, 5.41) is 16.7. The number of amides is 1. The maximum atomic E-state index is 13.0. The first kappa shape index (κ1) is 21.5. The summed E-state index contributed by atoms with van der Waals surface area (Å²) >= 11 is 1.43. The standard InChI is InChI=1S/C24H30N8OS/c1-14-8-9-16-20(14)27-23(32-11-4-7-18(32)22(33)29-24-25-10-12-34-24)28-21(16)26-19-13-17(30-31-19)15-5-2-3-6-15/h10,12-15,18H,2-9,11H2,1H3,(H,25,29,33)(H2,26,27,28,30,31)/t14-,18-/m0/s1. The quantitative estimate of drug-likeness (QED) is 0.470. The number of aromatic nitrogens is 5. The lowest BCUT2D eigenvalue weighted by atomic mass is 10.0. The number of nitrogens with zero attached hydrogens (tertiary/aromatic N) is 5. The molecule has 0 spiro atoms. The van der Waals surface area contributed by atoms with Crippen LogP contribution in [0.4, 0.5) is 22.7 Å². The van der Waals surface area contributed by atoms with E-state index in [-0.39, 0.29) is 11.9 Å². The average Bonchev–Trinajstić information content (AvgIpc) is 3.65. The summed E-state index contributed by atoms with van der Waals surface area (Å²) in [7, 11) is 0. The van der Waals surface area contributed by atoms with Crippen LogP contribution in [0.2, 0.25) is 0 Å². The number of anilines is 4. The third kappa shape index (κ3) is 4.04. The Labute approximate surface area is 202 Å². The van der Waals surface area contributed by atoms with Gasteiger partial charge in [-0.25, -0.2) is 9.97 Å². The smallest absolute Gasteiger partial charge is 0.248 e. The molecule has 1 saturated heterocycles. The summed E-state index contributed by atoms with van der Waals surface area (Å²) in [4.78, 5) is 29.2. The zero-order valence-corrected chi connectivity index (χ0v) is 20.2. The molecule has 0 bridgehead atoms. The fourth-order valence-electron chi connectivity index (χ4n) is 5.59. The van der Waals surface area contributed by atoms with Crippen molar-refractivity contribution in [3.63, 3.8) is 0 Å².